The molecule has 0 spiro atoms. The minimum atomic E-state index is -4.45. The third kappa shape index (κ3) is 6.65. The van der Waals surface area contributed by atoms with Gasteiger partial charge in [0.15, 0.2) is 0 Å². The van der Waals surface area contributed by atoms with E-state index < -0.39 is 11.7 Å². The average Bonchev–Trinajstić information content (AvgIpc) is 3.27. The molecule has 6 nitrogen and oxygen atoms in total. The second-order valence-corrected chi connectivity index (χ2v) is 7.20. The van der Waals surface area contributed by atoms with Gasteiger partial charge in [-0.3, -0.25) is 4.79 Å². The van der Waals surface area contributed by atoms with Crippen molar-refractivity contribution >= 4 is 5.91 Å². The first-order chi connectivity index (χ1) is 15.4. The Bertz CT molecular complexity index is 1010. The molecule has 0 aliphatic carbocycles. The van der Waals surface area contributed by atoms with E-state index in [-0.39, 0.29) is 29.6 Å². The number of hydrogen-bond acceptors (Lipinski definition) is 5. The number of rotatable bonds is 10. The zero-order valence-corrected chi connectivity index (χ0v) is 17.6. The number of ether oxygens (including phenoxy) is 1. The van der Waals surface area contributed by atoms with Crippen molar-refractivity contribution in [2.24, 2.45) is 0 Å². The Morgan fingerprint density at radius 1 is 1.06 bits per heavy atom. The van der Waals surface area contributed by atoms with Crippen LogP contribution >= 0.6 is 0 Å². The Morgan fingerprint density at radius 3 is 2.56 bits per heavy atom. The van der Waals surface area contributed by atoms with Crippen molar-refractivity contribution in [3.63, 3.8) is 0 Å². The molecule has 0 bridgehead atoms. The van der Waals surface area contributed by atoms with Crippen LogP contribution in [-0.2, 0) is 28.5 Å². The molecule has 2 aromatic carbocycles. The number of alkyl halides is 3. The van der Waals surface area contributed by atoms with E-state index in [0.29, 0.717) is 32.5 Å². The zero-order chi connectivity index (χ0) is 23.0. The van der Waals surface area contributed by atoms with E-state index in [1.165, 1.54) is 12.1 Å². The Morgan fingerprint density at radius 2 is 1.84 bits per heavy atom. The molecule has 0 radical (unpaired) electrons. The molecule has 0 atom stereocenters. The van der Waals surface area contributed by atoms with Gasteiger partial charge in [0.1, 0.15) is 0 Å². The summed E-state index contributed by atoms with van der Waals surface area (Å²) in [5.41, 5.74) is 0.510. The van der Waals surface area contributed by atoms with Crippen LogP contribution < -0.4 is 0 Å². The Balaban J connectivity index is 1.61. The van der Waals surface area contributed by atoms with Gasteiger partial charge in [0.2, 0.25) is 17.6 Å². The summed E-state index contributed by atoms with van der Waals surface area (Å²) in [7, 11) is 1.56. The maximum atomic E-state index is 12.9. The molecule has 0 N–H and O–H groups in total. The molecule has 1 aromatic heterocycles. The Labute approximate surface area is 184 Å². The number of carbonyl (C=O) groups is 1. The molecule has 3 rings (SSSR count). The smallest absolute Gasteiger partial charge is 0.383 e. The summed E-state index contributed by atoms with van der Waals surface area (Å²) in [5, 5.41) is 3.79. The van der Waals surface area contributed by atoms with E-state index in [4.69, 9.17) is 9.26 Å². The van der Waals surface area contributed by atoms with Crippen molar-refractivity contribution in [3.8, 4) is 11.4 Å². The van der Waals surface area contributed by atoms with Crippen LogP contribution in [0.1, 0.15) is 23.4 Å². The summed E-state index contributed by atoms with van der Waals surface area (Å²) in [4.78, 5) is 18.6. The lowest BCUT2D eigenvalue weighted by Crippen LogP contribution is -2.35. The number of halogens is 3. The lowest BCUT2D eigenvalue weighted by Gasteiger charge is -2.21. The second kappa shape index (κ2) is 10.9. The van der Waals surface area contributed by atoms with E-state index in [9.17, 15) is 18.0 Å². The van der Waals surface area contributed by atoms with Crippen molar-refractivity contribution in [1.29, 1.82) is 0 Å². The SMILES string of the molecule is COCCN(CCc1nc(-c2cccc(C(F)(F)F)c2)no1)C(=O)CCc1ccccc1. The van der Waals surface area contributed by atoms with E-state index in [2.05, 4.69) is 10.1 Å². The Kier molecular flexibility index (Phi) is 7.99. The normalized spacial score (nSPS) is 11.5. The molecular weight excluding hydrogens is 423 g/mol. The minimum absolute atomic E-state index is 0.0245. The van der Waals surface area contributed by atoms with E-state index >= 15 is 0 Å². The van der Waals surface area contributed by atoms with Crippen molar-refractivity contribution < 1.29 is 27.2 Å². The molecule has 0 unspecified atom stereocenters. The molecule has 0 fully saturated rings. The molecule has 1 amide bonds. The molecule has 0 aliphatic rings. The van der Waals surface area contributed by atoms with Gasteiger partial charge in [0.25, 0.3) is 0 Å². The number of hydrogen-bond donors (Lipinski definition) is 0. The van der Waals surface area contributed by atoms with Crippen LogP contribution in [0.4, 0.5) is 13.2 Å². The highest BCUT2D eigenvalue weighted by Gasteiger charge is 2.30. The summed E-state index contributed by atoms with van der Waals surface area (Å²) in [5.74, 6) is 0.296. The topological polar surface area (TPSA) is 68.5 Å². The highest BCUT2D eigenvalue weighted by Crippen LogP contribution is 2.31. The first kappa shape index (κ1) is 23.5. The van der Waals surface area contributed by atoms with Crippen LogP contribution in [0.3, 0.4) is 0 Å². The maximum Gasteiger partial charge on any atom is 0.416 e. The van der Waals surface area contributed by atoms with Crippen molar-refractivity contribution in [2.75, 3.05) is 26.8 Å². The van der Waals surface area contributed by atoms with Gasteiger partial charge < -0.3 is 14.2 Å². The number of benzene rings is 2. The van der Waals surface area contributed by atoms with E-state index in [0.717, 1.165) is 17.7 Å². The van der Waals surface area contributed by atoms with Gasteiger partial charge in [-0.1, -0.05) is 47.6 Å². The maximum absolute atomic E-state index is 12.9. The molecule has 9 heteroatoms. The lowest BCUT2D eigenvalue weighted by atomic mass is 10.1. The van der Waals surface area contributed by atoms with Crippen LogP contribution in [0.25, 0.3) is 11.4 Å². The third-order valence-electron chi connectivity index (χ3n) is 4.90. The second-order valence-electron chi connectivity index (χ2n) is 7.20. The van der Waals surface area contributed by atoms with E-state index in [1.54, 1.807) is 12.0 Å². The van der Waals surface area contributed by atoms with Crippen LogP contribution in [0.2, 0.25) is 0 Å². The van der Waals surface area contributed by atoms with Crippen molar-refractivity contribution in [3.05, 3.63) is 71.6 Å². The third-order valence-corrected chi connectivity index (χ3v) is 4.90. The van der Waals surface area contributed by atoms with Crippen LogP contribution in [0.15, 0.2) is 59.1 Å². The van der Waals surface area contributed by atoms with Gasteiger partial charge in [-0.25, -0.2) is 0 Å². The summed E-state index contributed by atoms with van der Waals surface area (Å²) in [6.45, 7) is 1.14. The molecule has 0 aliphatic heterocycles. The van der Waals surface area contributed by atoms with Gasteiger partial charge in [-0.15, -0.1) is 0 Å². The molecular formula is C23H24F3N3O3. The summed E-state index contributed by atoms with van der Waals surface area (Å²) >= 11 is 0. The monoisotopic (exact) mass is 447 g/mol. The fourth-order valence-electron chi connectivity index (χ4n) is 3.16. The lowest BCUT2D eigenvalue weighted by molar-refractivity contribution is -0.137. The van der Waals surface area contributed by atoms with Crippen molar-refractivity contribution in [2.45, 2.75) is 25.4 Å². The summed E-state index contributed by atoms with van der Waals surface area (Å²) in [6, 6.07) is 14.5. The first-order valence-corrected chi connectivity index (χ1v) is 10.2. The largest absolute Gasteiger partial charge is 0.416 e. The summed E-state index contributed by atoms with van der Waals surface area (Å²) < 4.78 is 49.1. The number of aryl methyl sites for hydroxylation is 1. The number of amides is 1. The number of carbonyl (C=O) groups excluding carboxylic acids is 1. The predicted molar refractivity (Wildman–Crippen MR) is 112 cm³/mol. The first-order valence-electron chi connectivity index (χ1n) is 10.2. The number of aromatic nitrogens is 2. The van der Waals surface area contributed by atoms with Crippen molar-refractivity contribution in [1.82, 2.24) is 15.0 Å². The fourth-order valence-corrected chi connectivity index (χ4v) is 3.16. The van der Waals surface area contributed by atoms with Gasteiger partial charge in [0.05, 0.1) is 12.2 Å². The van der Waals surface area contributed by atoms with Gasteiger partial charge in [-0.05, 0) is 24.1 Å². The molecule has 0 saturated heterocycles. The predicted octanol–water partition coefficient (Wildman–Crippen LogP) is 4.41. The van der Waals surface area contributed by atoms with Gasteiger partial charge in [0, 0.05) is 38.6 Å². The van der Waals surface area contributed by atoms with Crippen LogP contribution in [0, 0.1) is 0 Å². The molecule has 1 heterocycles. The number of methoxy groups -OCH3 is 1. The quantitative estimate of drug-likeness (QED) is 0.461. The zero-order valence-electron chi connectivity index (χ0n) is 17.6. The van der Waals surface area contributed by atoms with Gasteiger partial charge in [-0.2, -0.15) is 18.2 Å². The standard InChI is InChI=1S/C23H24F3N3O3/c1-31-15-14-29(21(30)11-10-17-6-3-2-4-7-17)13-12-20-27-22(28-32-20)18-8-5-9-19(16-18)23(24,25)26/h2-9,16H,10-15H2,1H3. The molecule has 170 valence electrons. The highest BCUT2D eigenvalue weighted by molar-refractivity contribution is 5.76. The Hall–Kier alpha value is -3.20. The van der Waals surface area contributed by atoms with Gasteiger partial charge >= 0.3 is 6.18 Å². The molecule has 32 heavy (non-hydrogen) atoms. The average molecular weight is 447 g/mol. The van der Waals surface area contributed by atoms with Crippen LogP contribution in [-0.4, -0.2) is 47.8 Å². The summed E-state index contributed by atoms with van der Waals surface area (Å²) in [6.07, 6.45) is -3.19. The molecule has 3 aromatic rings. The highest BCUT2D eigenvalue weighted by atomic mass is 19.4. The number of nitrogens with zero attached hydrogens (tertiary/aromatic N) is 3. The fraction of sp³-hybridized carbons (Fsp3) is 0.348. The van der Waals surface area contributed by atoms with Crippen LogP contribution in [0.5, 0.6) is 0 Å². The minimum Gasteiger partial charge on any atom is -0.383 e. The molecule has 0 saturated carbocycles. The van der Waals surface area contributed by atoms with E-state index in [1.807, 2.05) is 30.3 Å².